The van der Waals surface area contributed by atoms with Crippen LogP contribution in [0.4, 0.5) is 5.95 Å². The minimum atomic E-state index is 0.480. The van der Waals surface area contributed by atoms with Crippen molar-refractivity contribution in [1.82, 2.24) is 9.97 Å². The molecule has 0 spiro atoms. The van der Waals surface area contributed by atoms with Crippen LogP contribution < -0.4 is 15.4 Å². The maximum Gasteiger partial charge on any atom is 0.225 e. The molecule has 1 aromatic heterocycles. The van der Waals surface area contributed by atoms with Gasteiger partial charge in [0.05, 0.1) is 19.5 Å². The third kappa shape index (κ3) is 2.56. The lowest BCUT2D eigenvalue weighted by atomic mass is 10.0. The number of anilines is 1. The minimum absolute atomic E-state index is 0.480. The standard InChI is InChI=1S/C13H22N4O/c1-3-17(12-6-4-5-10(12)7-14)13-15-8-11(18-2)9-16-13/h8-10,12H,3-7,14H2,1-2H3. The summed E-state index contributed by atoms with van der Waals surface area (Å²) in [4.78, 5) is 11.0. The first-order valence-electron chi connectivity index (χ1n) is 6.62. The number of methoxy groups -OCH3 is 1. The molecule has 1 fully saturated rings. The number of nitrogens with two attached hydrogens (primary N) is 1. The summed E-state index contributed by atoms with van der Waals surface area (Å²) in [6.07, 6.45) is 7.09. The third-order valence-corrected chi connectivity index (χ3v) is 3.77. The molecule has 1 heterocycles. The Morgan fingerprint density at radius 2 is 2.11 bits per heavy atom. The number of ether oxygens (including phenoxy) is 1. The van der Waals surface area contributed by atoms with Crippen molar-refractivity contribution in [2.45, 2.75) is 32.2 Å². The molecule has 1 aliphatic carbocycles. The molecule has 1 saturated carbocycles. The lowest BCUT2D eigenvalue weighted by molar-refractivity contribution is 0.409. The van der Waals surface area contributed by atoms with Crippen molar-refractivity contribution in [2.24, 2.45) is 11.7 Å². The molecule has 0 saturated heterocycles. The van der Waals surface area contributed by atoms with Crippen molar-refractivity contribution < 1.29 is 4.74 Å². The average Bonchev–Trinajstić information content (AvgIpc) is 2.89. The Bertz CT molecular complexity index is 368. The van der Waals surface area contributed by atoms with Crippen molar-refractivity contribution in [3.63, 3.8) is 0 Å². The maximum atomic E-state index is 5.85. The second kappa shape index (κ2) is 6.00. The minimum Gasteiger partial charge on any atom is -0.494 e. The molecule has 100 valence electrons. The van der Waals surface area contributed by atoms with Crippen LogP contribution in [0.1, 0.15) is 26.2 Å². The quantitative estimate of drug-likeness (QED) is 0.856. The molecule has 0 radical (unpaired) electrons. The number of hydrogen-bond donors (Lipinski definition) is 1. The summed E-state index contributed by atoms with van der Waals surface area (Å²) >= 11 is 0. The van der Waals surface area contributed by atoms with Gasteiger partial charge in [0.2, 0.25) is 5.95 Å². The molecular formula is C13H22N4O. The van der Waals surface area contributed by atoms with E-state index in [4.69, 9.17) is 10.5 Å². The Labute approximate surface area is 108 Å². The van der Waals surface area contributed by atoms with E-state index in [9.17, 15) is 0 Å². The van der Waals surface area contributed by atoms with Crippen LogP contribution in [-0.4, -0.2) is 36.2 Å². The number of rotatable bonds is 5. The molecule has 0 aliphatic heterocycles. The van der Waals surface area contributed by atoms with Gasteiger partial charge in [-0.05, 0) is 32.2 Å². The Morgan fingerprint density at radius 1 is 1.39 bits per heavy atom. The van der Waals surface area contributed by atoms with Crippen molar-refractivity contribution in [3.05, 3.63) is 12.4 Å². The molecule has 0 amide bonds. The summed E-state index contributed by atoms with van der Waals surface area (Å²) in [7, 11) is 1.62. The predicted octanol–water partition coefficient (Wildman–Crippen LogP) is 1.44. The van der Waals surface area contributed by atoms with Gasteiger partial charge in [-0.3, -0.25) is 0 Å². The lowest BCUT2D eigenvalue weighted by Gasteiger charge is -2.31. The fourth-order valence-corrected chi connectivity index (χ4v) is 2.79. The van der Waals surface area contributed by atoms with Gasteiger partial charge in [0.15, 0.2) is 5.75 Å². The first-order chi connectivity index (χ1) is 8.80. The van der Waals surface area contributed by atoms with Gasteiger partial charge in [-0.2, -0.15) is 0 Å². The molecule has 1 aromatic rings. The highest BCUT2D eigenvalue weighted by Gasteiger charge is 2.31. The van der Waals surface area contributed by atoms with Gasteiger partial charge in [0.1, 0.15) is 0 Å². The molecule has 0 bridgehead atoms. The molecule has 2 N–H and O–H groups in total. The topological polar surface area (TPSA) is 64.3 Å². The predicted molar refractivity (Wildman–Crippen MR) is 71.8 cm³/mol. The molecule has 2 atom stereocenters. The van der Waals surface area contributed by atoms with Crippen LogP contribution in [0.5, 0.6) is 5.75 Å². The Morgan fingerprint density at radius 3 is 2.67 bits per heavy atom. The van der Waals surface area contributed by atoms with Crippen LogP contribution in [0.15, 0.2) is 12.4 Å². The molecule has 18 heavy (non-hydrogen) atoms. The van der Waals surface area contributed by atoms with E-state index in [1.165, 1.54) is 19.3 Å². The summed E-state index contributed by atoms with van der Waals surface area (Å²) < 4.78 is 5.09. The second-order valence-electron chi connectivity index (χ2n) is 4.70. The summed E-state index contributed by atoms with van der Waals surface area (Å²) in [6, 6.07) is 0.480. The van der Waals surface area contributed by atoms with Crippen molar-refractivity contribution in [2.75, 3.05) is 25.1 Å². The molecule has 0 aromatic carbocycles. The summed E-state index contributed by atoms with van der Waals surface area (Å²) in [5, 5.41) is 0. The Balaban J connectivity index is 2.16. The van der Waals surface area contributed by atoms with Crippen LogP contribution in [0, 0.1) is 5.92 Å². The van der Waals surface area contributed by atoms with E-state index in [-0.39, 0.29) is 0 Å². The largest absolute Gasteiger partial charge is 0.494 e. The van der Waals surface area contributed by atoms with Crippen LogP contribution >= 0.6 is 0 Å². The van der Waals surface area contributed by atoms with Gasteiger partial charge in [0.25, 0.3) is 0 Å². The van der Waals surface area contributed by atoms with Crippen LogP contribution in [-0.2, 0) is 0 Å². The van der Waals surface area contributed by atoms with Crippen LogP contribution in [0.25, 0.3) is 0 Å². The zero-order valence-corrected chi connectivity index (χ0v) is 11.2. The lowest BCUT2D eigenvalue weighted by Crippen LogP contribution is -2.41. The van der Waals surface area contributed by atoms with Gasteiger partial charge in [-0.25, -0.2) is 9.97 Å². The maximum absolute atomic E-state index is 5.85. The van der Waals surface area contributed by atoms with Gasteiger partial charge in [0, 0.05) is 12.6 Å². The highest BCUT2D eigenvalue weighted by Crippen LogP contribution is 2.31. The summed E-state index contributed by atoms with van der Waals surface area (Å²) in [5.74, 6) is 2.04. The molecule has 5 nitrogen and oxygen atoms in total. The Kier molecular flexibility index (Phi) is 4.36. The van der Waals surface area contributed by atoms with Crippen LogP contribution in [0.3, 0.4) is 0 Å². The normalized spacial score (nSPS) is 23.1. The average molecular weight is 250 g/mol. The highest BCUT2D eigenvalue weighted by molar-refractivity contribution is 5.33. The number of hydrogen-bond acceptors (Lipinski definition) is 5. The van der Waals surface area contributed by atoms with E-state index < -0.39 is 0 Å². The second-order valence-corrected chi connectivity index (χ2v) is 4.70. The summed E-state index contributed by atoms with van der Waals surface area (Å²) in [6.45, 7) is 3.80. The fourth-order valence-electron chi connectivity index (χ4n) is 2.79. The SMILES string of the molecule is CCN(c1ncc(OC)cn1)C1CCCC1CN. The van der Waals surface area contributed by atoms with E-state index in [0.717, 1.165) is 19.0 Å². The van der Waals surface area contributed by atoms with Gasteiger partial charge in [-0.15, -0.1) is 0 Å². The van der Waals surface area contributed by atoms with E-state index in [2.05, 4.69) is 21.8 Å². The third-order valence-electron chi connectivity index (χ3n) is 3.77. The zero-order chi connectivity index (χ0) is 13.0. The van der Waals surface area contributed by atoms with Gasteiger partial charge >= 0.3 is 0 Å². The van der Waals surface area contributed by atoms with Crippen molar-refractivity contribution in [1.29, 1.82) is 0 Å². The molecule has 2 rings (SSSR count). The van der Waals surface area contributed by atoms with E-state index >= 15 is 0 Å². The molecule has 2 unspecified atom stereocenters. The van der Waals surface area contributed by atoms with Gasteiger partial charge < -0.3 is 15.4 Å². The molecular weight excluding hydrogens is 228 g/mol. The fraction of sp³-hybridized carbons (Fsp3) is 0.692. The van der Waals surface area contributed by atoms with Gasteiger partial charge in [-0.1, -0.05) is 6.42 Å². The first kappa shape index (κ1) is 13.1. The monoisotopic (exact) mass is 250 g/mol. The van der Waals surface area contributed by atoms with Crippen molar-refractivity contribution >= 4 is 5.95 Å². The van der Waals surface area contributed by atoms with E-state index in [1.807, 2.05) is 0 Å². The first-order valence-corrected chi connectivity index (χ1v) is 6.62. The number of aromatic nitrogens is 2. The molecule has 1 aliphatic rings. The molecule has 5 heteroatoms. The van der Waals surface area contributed by atoms with Crippen molar-refractivity contribution in [3.8, 4) is 5.75 Å². The van der Waals surface area contributed by atoms with Crippen LogP contribution in [0.2, 0.25) is 0 Å². The number of nitrogens with zero attached hydrogens (tertiary/aromatic N) is 3. The Hall–Kier alpha value is -1.36. The highest BCUT2D eigenvalue weighted by atomic mass is 16.5. The van der Waals surface area contributed by atoms with E-state index in [0.29, 0.717) is 17.7 Å². The smallest absolute Gasteiger partial charge is 0.225 e. The van der Waals surface area contributed by atoms with E-state index in [1.54, 1.807) is 19.5 Å². The zero-order valence-electron chi connectivity index (χ0n) is 11.2. The summed E-state index contributed by atoms with van der Waals surface area (Å²) in [5.41, 5.74) is 5.85.